The summed E-state index contributed by atoms with van der Waals surface area (Å²) in [4.78, 5) is 13.6. The number of rotatable bonds is 9. The van der Waals surface area contributed by atoms with Crippen LogP contribution in [0.25, 0.3) is 0 Å². The standard InChI is InChI=1S/C10H23N3O3S.H2/c1-4-6-13(12-17-16)7-10(15)9(5-2)11-8(3)14;/h9-10,15,17H,4-7H2,1-3H3,(H,11,14)(H,12,16);1H/i3T,17T;1+1D. The number of aliphatic hydroxyl groups excluding tert-OH is 1. The van der Waals surface area contributed by atoms with Crippen LogP contribution in [-0.2, 0) is 16.6 Å². The van der Waals surface area contributed by atoms with Gasteiger partial charge in [0.2, 0.25) is 5.91 Å². The molecule has 0 spiro atoms. The zero-order valence-corrected chi connectivity index (χ0v) is 11.1. The summed E-state index contributed by atoms with van der Waals surface area (Å²) in [5.74, 6) is -0.440. The fourth-order valence-electron chi connectivity index (χ4n) is 1.53. The van der Waals surface area contributed by atoms with E-state index in [1.165, 1.54) is 5.01 Å². The molecule has 0 fully saturated rings. The number of carbonyl (C=O) groups is 1. The van der Waals surface area contributed by atoms with E-state index in [1.54, 1.807) is 0 Å². The lowest BCUT2D eigenvalue weighted by molar-refractivity contribution is -0.120. The summed E-state index contributed by atoms with van der Waals surface area (Å²) in [6.45, 7) is 4.04. The van der Waals surface area contributed by atoms with Gasteiger partial charge in [0.15, 0.2) is 1.12 Å². The predicted octanol–water partition coefficient (Wildman–Crippen LogP) is -0.415. The fourth-order valence-corrected chi connectivity index (χ4v) is 1.80. The highest BCUT2D eigenvalue weighted by Gasteiger charge is 2.20. The number of hydrazine groups is 1. The van der Waals surface area contributed by atoms with Crippen molar-refractivity contribution < 1.29 is 18.5 Å². The summed E-state index contributed by atoms with van der Waals surface area (Å²) in [6.07, 6.45) is 0.437. The first-order chi connectivity index (χ1) is 9.94. The van der Waals surface area contributed by atoms with Crippen LogP contribution in [0.1, 0.15) is 37.9 Å². The second-order valence-electron chi connectivity index (χ2n) is 3.77. The molecule has 0 aliphatic carbocycles. The Morgan fingerprint density at radius 2 is 2.47 bits per heavy atom. The molecule has 0 aromatic rings. The molecule has 0 radical (unpaired) electrons. The van der Waals surface area contributed by atoms with Crippen LogP contribution in [0.15, 0.2) is 0 Å². The summed E-state index contributed by atoms with van der Waals surface area (Å²) in [7, 11) is 0. The van der Waals surface area contributed by atoms with E-state index in [0.29, 0.717) is 13.0 Å². The summed E-state index contributed by atoms with van der Waals surface area (Å²) < 4.78 is 34.7. The van der Waals surface area contributed by atoms with Gasteiger partial charge in [-0.15, -0.1) is 0 Å². The van der Waals surface area contributed by atoms with Crippen molar-refractivity contribution in [2.75, 3.05) is 13.1 Å². The Hall–Kier alpha value is -0.500. The van der Waals surface area contributed by atoms with Crippen molar-refractivity contribution in [3.8, 4) is 0 Å². The highest BCUT2D eigenvalue weighted by Crippen LogP contribution is 2.01. The lowest BCUT2D eigenvalue weighted by Gasteiger charge is -2.27. The van der Waals surface area contributed by atoms with Crippen LogP contribution in [0, 0.1) is 0 Å². The molecule has 0 aliphatic heterocycles. The molecule has 0 heterocycles. The molecular weight excluding hydrogens is 242 g/mol. The molecule has 1 amide bonds. The zero-order chi connectivity index (χ0) is 16.8. The molecule has 3 unspecified atom stereocenters. The highest BCUT2D eigenvalue weighted by atomic mass is 32.2. The number of nitrogens with one attached hydrogen (secondary N) is 2. The van der Waals surface area contributed by atoms with Crippen molar-refractivity contribution in [3.63, 3.8) is 0 Å². The molecule has 6 nitrogen and oxygen atoms in total. The first kappa shape index (κ1) is 11.6. The van der Waals surface area contributed by atoms with Gasteiger partial charge >= 0.3 is 0 Å². The summed E-state index contributed by atoms with van der Waals surface area (Å²) in [5.41, 5.74) is 0. The van der Waals surface area contributed by atoms with Crippen molar-refractivity contribution in [3.05, 3.63) is 0 Å². The fraction of sp³-hybridized carbons (Fsp3) is 0.900. The maximum atomic E-state index is 11.2. The summed E-state index contributed by atoms with van der Waals surface area (Å²) in [5, 5.41) is 14.1. The third kappa shape index (κ3) is 7.43. The molecule has 0 saturated heterocycles. The maximum absolute atomic E-state index is 11.2. The van der Waals surface area contributed by atoms with E-state index in [4.69, 9.17) is 5.46 Å². The van der Waals surface area contributed by atoms with Crippen molar-refractivity contribution in [2.24, 2.45) is 0 Å². The van der Waals surface area contributed by atoms with Crippen molar-refractivity contribution in [1.82, 2.24) is 15.2 Å². The van der Waals surface area contributed by atoms with Gasteiger partial charge in [-0.2, -0.15) is 4.83 Å². The number of hydrogen-bond donors (Lipinski definition) is 4. The molecule has 0 rings (SSSR count). The number of thiol groups is 1. The van der Waals surface area contributed by atoms with Crippen LogP contribution >= 0.6 is 0 Å². The van der Waals surface area contributed by atoms with E-state index in [2.05, 4.69) is 10.1 Å². The SMILES string of the molecule is [2H][2H].[3H]CC(=O)NC(CC)C(O)CN(CCC)NS([3H])=O. The summed E-state index contributed by atoms with van der Waals surface area (Å²) >= 11 is -1.94. The Labute approximate surface area is 112 Å². The monoisotopic (exact) mass is 273 g/mol. The Morgan fingerprint density at radius 1 is 1.76 bits per heavy atom. The van der Waals surface area contributed by atoms with Gasteiger partial charge in [0.1, 0.15) is 0 Å². The lowest BCUT2D eigenvalue weighted by atomic mass is 10.1. The Morgan fingerprint density at radius 3 is 2.94 bits per heavy atom. The maximum Gasteiger partial charge on any atom is 0.217 e. The molecule has 0 saturated carbocycles. The van der Waals surface area contributed by atoms with E-state index in [9.17, 15) is 14.1 Å². The molecule has 0 aliphatic rings. The Balaban J connectivity index is 0. The van der Waals surface area contributed by atoms with Crippen molar-refractivity contribution >= 4 is 17.7 Å². The van der Waals surface area contributed by atoms with Gasteiger partial charge in [0, 0.05) is 24.3 Å². The molecule has 0 aromatic heterocycles. The minimum Gasteiger partial charge on any atom is -0.390 e. The molecule has 0 aromatic carbocycles. The van der Waals surface area contributed by atoms with Crippen molar-refractivity contribution in [1.29, 1.82) is 1.12 Å². The quantitative estimate of drug-likeness (QED) is 0.340. The zero-order valence-electron chi connectivity index (χ0n) is 14.3. The van der Waals surface area contributed by atoms with E-state index in [-0.39, 0.29) is 13.4 Å². The molecule has 0 bridgehead atoms. The van der Waals surface area contributed by atoms with Gasteiger partial charge in [-0.1, -0.05) is 13.8 Å². The average Bonchev–Trinajstić information content (AvgIpc) is 2.45. The topological polar surface area (TPSA) is 81.7 Å². The average molecular weight is 273 g/mol. The third-order valence-corrected chi connectivity index (χ3v) is 2.65. The van der Waals surface area contributed by atoms with Gasteiger partial charge in [0.05, 0.1) is 23.9 Å². The van der Waals surface area contributed by atoms with E-state index in [1.807, 2.05) is 13.8 Å². The van der Waals surface area contributed by atoms with Crippen LogP contribution in [-0.4, -0.2) is 46.6 Å². The Kier molecular flexibility index (Phi) is 6.49. The normalized spacial score (nSPS) is 18.6. The smallest absolute Gasteiger partial charge is 0.217 e. The van der Waals surface area contributed by atoms with Crippen LogP contribution < -0.4 is 10.1 Å². The van der Waals surface area contributed by atoms with Gasteiger partial charge in [0.25, 0.3) is 0 Å². The lowest BCUT2D eigenvalue weighted by Crippen LogP contribution is -2.50. The van der Waals surface area contributed by atoms with E-state index < -0.39 is 29.8 Å². The molecule has 3 N–H and O–H groups in total. The number of aliphatic hydroxyl groups is 1. The van der Waals surface area contributed by atoms with Gasteiger partial charge in [-0.3, -0.25) is 4.79 Å². The second-order valence-corrected chi connectivity index (χ2v) is 4.12. The van der Waals surface area contributed by atoms with Gasteiger partial charge in [-0.05, 0) is 12.8 Å². The minimum atomic E-state index is -1.94. The molecule has 17 heavy (non-hydrogen) atoms. The van der Waals surface area contributed by atoms with Gasteiger partial charge in [-0.25, -0.2) is 9.22 Å². The molecule has 3 atom stereocenters. The first-order valence-corrected chi connectivity index (χ1v) is 6.39. The van der Waals surface area contributed by atoms with Crippen LogP contribution in [0.3, 0.4) is 0 Å². The molecule has 7 heteroatoms. The number of carbonyl (C=O) groups excluding carboxylic acids is 1. The van der Waals surface area contributed by atoms with Gasteiger partial charge < -0.3 is 10.4 Å². The minimum absolute atomic E-state index is 0.148. The number of hydrogen-bond acceptors (Lipinski definition) is 4. The first-order valence-electron chi connectivity index (χ1n) is 7.76. The molecule has 104 valence electrons. The summed E-state index contributed by atoms with van der Waals surface area (Å²) in [6, 6.07) is -0.460. The number of nitrogens with zero attached hydrogens (tertiary/aromatic N) is 1. The third-order valence-electron chi connectivity index (χ3n) is 2.32. The van der Waals surface area contributed by atoms with Crippen LogP contribution in [0.2, 0.25) is 0 Å². The number of amides is 1. The van der Waals surface area contributed by atoms with E-state index in [0.717, 1.165) is 6.42 Å². The highest BCUT2D eigenvalue weighted by molar-refractivity contribution is 7.63. The predicted molar refractivity (Wildman–Crippen MR) is 70.6 cm³/mol. The van der Waals surface area contributed by atoms with Crippen LogP contribution in [0.4, 0.5) is 0 Å². The van der Waals surface area contributed by atoms with Crippen molar-refractivity contribution in [2.45, 2.75) is 45.7 Å². The van der Waals surface area contributed by atoms with Crippen LogP contribution in [0.5, 0.6) is 0 Å². The van der Waals surface area contributed by atoms with E-state index >= 15 is 0 Å². The largest absolute Gasteiger partial charge is 0.390 e. The second kappa shape index (κ2) is 9.52. The Bertz CT molecular complexity index is 303. The molecular formula is C10H25N3O3S.